The molecule has 1 N–H and O–H groups in total. The minimum Gasteiger partial charge on any atom is -0.465 e. The van der Waals surface area contributed by atoms with E-state index in [4.69, 9.17) is 9.72 Å². The number of carbonyl (C=O) groups is 1. The van der Waals surface area contributed by atoms with Crippen molar-refractivity contribution in [3.8, 4) is 0 Å². The van der Waals surface area contributed by atoms with Crippen LogP contribution in [0.25, 0.3) is 10.9 Å². The Kier molecular flexibility index (Phi) is 4.92. The van der Waals surface area contributed by atoms with Gasteiger partial charge >= 0.3 is 5.97 Å². The van der Waals surface area contributed by atoms with Crippen molar-refractivity contribution in [2.75, 3.05) is 30.4 Å². The van der Waals surface area contributed by atoms with Gasteiger partial charge in [0.05, 0.1) is 29.6 Å². The Morgan fingerprint density at radius 3 is 2.66 bits per heavy atom. The van der Waals surface area contributed by atoms with Crippen molar-refractivity contribution >= 4 is 28.5 Å². The third kappa shape index (κ3) is 3.42. The first kappa shape index (κ1) is 20.5. The number of hydrogen-bond donors (Lipinski definition) is 1. The maximum absolute atomic E-state index is 13.3. The number of benzene rings is 2. The lowest BCUT2D eigenvalue weighted by molar-refractivity contribution is 0.0602. The number of ether oxygens (including phenoxy) is 1. The first-order chi connectivity index (χ1) is 15.4. The quantitative estimate of drug-likeness (QED) is 0.620. The van der Waals surface area contributed by atoms with Gasteiger partial charge in [-0.15, -0.1) is 0 Å². The van der Waals surface area contributed by atoms with Crippen LogP contribution in [-0.2, 0) is 11.8 Å². The van der Waals surface area contributed by atoms with Gasteiger partial charge in [0.15, 0.2) is 0 Å². The summed E-state index contributed by atoms with van der Waals surface area (Å²) in [5.41, 5.74) is 3.77. The van der Waals surface area contributed by atoms with Gasteiger partial charge in [0, 0.05) is 31.4 Å². The second-order valence-electron chi connectivity index (χ2n) is 9.09. The molecule has 1 aliphatic carbocycles. The van der Waals surface area contributed by atoms with Crippen LogP contribution in [0.3, 0.4) is 0 Å². The molecule has 166 valence electrons. The number of anilines is 2. The van der Waals surface area contributed by atoms with E-state index in [9.17, 15) is 9.59 Å². The Morgan fingerprint density at radius 2 is 1.94 bits per heavy atom. The van der Waals surface area contributed by atoms with Crippen molar-refractivity contribution in [3.05, 3.63) is 63.4 Å². The normalized spacial score (nSPS) is 20.2. The topological polar surface area (TPSA) is 76.5 Å². The molecule has 7 nitrogen and oxygen atoms in total. The number of fused-ring (bicyclic) bond motifs is 2. The zero-order chi connectivity index (χ0) is 22.6. The van der Waals surface area contributed by atoms with Gasteiger partial charge in [0.2, 0.25) is 5.95 Å². The van der Waals surface area contributed by atoms with Crippen LogP contribution in [0.4, 0.5) is 11.6 Å². The van der Waals surface area contributed by atoms with E-state index in [2.05, 4.69) is 16.3 Å². The van der Waals surface area contributed by atoms with Crippen LogP contribution in [0.1, 0.15) is 40.9 Å². The van der Waals surface area contributed by atoms with E-state index in [0.717, 1.165) is 42.0 Å². The van der Waals surface area contributed by atoms with Crippen molar-refractivity contribution in [2.45, 2.75) is 26.3 Å². The average molecular weight is 433 g/mol. The Bertz CT molecular complexity index is 1270. The van der Waals surface area contributed by atoms with Crippen LogP contribution in [0.2, 0.25) is 0 Å². The third-order valence-corrected chi connectivity index (χ3v) is 6.76. The van der Waals surface area contributed by atoms with Crippen LogP contribution in [0.5, 0.6) is 0 Å². The van der Waals surface area contributed by atoms with Gasteiger partial charge in [-0.1, -0.05) is 18.2 Å². The number of hydrogen-bond acceptors (Lipinski definition) is 6. The molecule has 0 radical (unpaired) electrons. The van der Waals surface area contributed by atoms with E-state index in [1.807, 2.05) is 45.2 Å². The zero-order valence-corrected chi connectivity index (χ0v) is 18.9. The zero-order valence-electron chi connectivity index (χ0n) is 18.9. The molecular formula is C25H28N4O3. The van der Waals surface area contributed by atoms with Gasteiger partial charge in [-0.2, -0.15) is 0 Å². The lowest BCUT2D eigenvalue weighted by Gasteiger charge is -2.24. The largest absolute Gasteiger partial charge is 0.465 e. The smallest absolute Gasteiger partial charge is 0.339 e. The third-order valence-electron chi connectivity index (χ3n) is 6.76. The van der Waals surface area contributed by atoms with Gasteiger partial charge in [-0.05, 0) is 55.9 Å². The van der Waals surface area contributed by atoms with E-state index >= 15 is 0 Å². The van der Waals surface area contributed by atoms with Crippen LogP contribution in [0.15, 0.2) is 41.2 Å². The second kappa shape index (κ2) is 7.65. The number of nitrogens with zero attached hydrogens (tertiary/aromatic N) is 3. The number of esters is 1. The van der Waals surface area contributed by atoms with Crippen molar-refractivity contribution in [2.24, 2.45) is 18.9 Å². The Balaban J connectivity index is 1.58. The Hall–Kier alpha value is -3.35. The molecule has 0 amide bonds. The summed E-state index contributed by atoms with van der Waals surface area (Å²) in [6.45, 7) is 5.95. The molecule has 2 aromatic carbocycles. The summed E-state index contributed by atoms with van der Waals surface area (Å²) in [7, 11) is 3.18. The number of carbonyl (C=O) groups excluding carboxylic acids is 1. The monoisotopic (exact) mass is 432 g/mol. The molecule has 3 aromatic rings. The lowest BCUT2D eigenvalue weighted by Crippen LogP contribution is -2.31. The second-order valence-corrected chi connectivity index (χ2v) is 9.09. The lowest BCUT2D eigenvalue weighted by atomic mass is 10.0. The van der Waals surface area contributed by atoms with Crippen LogP contribution < -0.4 is 15.8 Å². The number of methoxy groups -OCH3 is 1. The molecule has 5 rings (SSSR count). The highest BCUT2D eigenvalue weighted by Crippen LogP contribution is 2.46. The molecule has 32 heavy (non-hydrogen) atoms. The fourth-order valence-corrected chi connectivity index (χ4v) is 4.92. The summed E-state index contributed by atoms with van der Waals surface area (Å²) in [5.74, 6) is 1.84. The number of aromatic nitrogens is 2. The summed E-state index contributed by atoms with van der Waals surface area (Å²) in [6.07, 6.45) is 1.29. The van der Waals surface area contributed by atoms with Gasteiger partial charge in [-0.25, -0.2) is 9.78 Å². The molecule has 0 bridgehead atoms. The standard InChI is InChI=1S/C25H28N4O3/c1-14-9-19(15(2)26-21-8-6-5-7-18(21)24(31)32-4)22-20(10-14)23(30)28(3)25(27-22)29-12-16-11-17(16)13-29/h5-10,15-17,26H,11-13H2,1-4H3. The van der Waals surface area contributed by atoms with E-state index < -0.39 is 5.97 Å². The van der Waals surface area contributed by atoms with Gasteiger partial charge in [0.1, 0.15) is 0 Å². The van der Waals surface area contributed by atoms with Crippen molar-refractivity contribution in [1.29, 1.82) is 0 Å². The molecule has 7 heteroatoms. The van der Waals surface area contributed by atoms with E-state index in [1.165, 1.54) is 13.5 Å². The first-order valence-electron chi connectivity index (χ1n) is 11.1. The number of para-hydroxylation sites is 1. The summed E-state index contributed by atoms with van der Waals surface area (Å²) in [6, 6.07) is 11.1. The van der Waals surface area contributed by atoms with E-state index in [-0.39, 0.29) is 11.6 Å². The fraction of sp³-hybridized carbons (Fsp3) is 0.400. The minimum absolute atomic E-state index is 0.0299. The molecule has 0 spiro atoms. The number of rotatable bonds is 5. The predicted octanol–water partition coefficient (Wildman–Crippen LogP) is 3.66. The molecule has 1 aliphatic heterocycles. The highest BCUT2D eigenvalue weighted by molar-refractivity contribution is 5.95. The molecule has 3 atom stereocenters. The first-order valence-corrected chi connectivity index (χ1v) is 11.1. The highest BCUT2D eigenvalue weighted by Gasteiger charge is 2.46. The highest BCUT2D eigenvalue weighted by atomic mass is 16.5. The van der Waals surface area contributed by atoms with Gasteiger partial charge in [0.25, 0.3) is 5.56 Å². The van der Waals surface area contributed by atoms with Gasteiger partial charge in [-0.3, -0.25) is 9.36 Å². The van der Waals surface area contributed by atoms with E-state index in [0.29, 0.717) is 22.2 Å². The molecule has 2 heterocycles. The van der Waals surface area contributed by atoms with Crippen molar-refractivity contribution in [3.63, 3.8) is 0 Å². The summed E-state index contributed by atoms with van der Waals surface area (Å²) >= 11 is 0. The maximum Gasteiger partial charge on any atom is 0.339 e. The molecule has 3 unspecified atom stereocenters. The number of piperidine rings is 1. The maximum atomic E-state index is 13.3. The Labute approximate surface area is 187 Å². The van der Waals surface area contributed by atoms with Gasteiger partial charge < -0.3 is 15.0 Å². The Morgan fingerprint density at radius 1 is 1.22 bits per heavy atom. The fourth-order valence-electron chi connectivity index (χ4n) is 4.92. The molecule has 2 fully saturated rings. The number of nitrogens with one attached hydrogen (secondary N) is 1. The van der Waals surface area contributed by atoms with Crippen molar-refractivity contribution < 1.29 is 9.53 Å². The molecule has 1 aromatic heterocycles. The average Bonchev–Trinajstić information content (AvgIpc) is 3.40. The summed E-state index contributed by atoms with van der Waals surface area (Å²) < 4.78 is 6.61. The molecule has 2 aliphatic rings. The molecule has 1 saturated carbocycles. The molecule has 1 saturated heterocycles. The predicted molar refractivity (Wildman–Crippen MR) is 125 cm³/mol. The minimum atomic E-state index is -0.392. The van der Waals surface area contributed by atoms with Crippen LogP contribution >= 0.6 is 0 Å². The van der Waals surface area contributed by atoms with Crippen LogP contribution in [0, 0.1) is 18.8 Å². The van der Waals surface area contributed by atoms with Crippen molar-refractivity contribution in [1.82, 2.24) is 9.55 Å². The summed E-state index contributed by atoms with van der Waals surface area (Å²) in [5, 5.41) is 4.05. The van der Waals surface area contributed by atoms with E-state index in [1.54, 1.807) is 10.6 Å². The molecular weight excluding hydrogens is 404 g/mol. The van der Waals surface area contributed by atoms with Crippen LogP contribution in [-0.4, -0.2) is 35.7 Å². The summed E-state index contributed by atoms with van der Waals surface area (Å²) in [4.78, 5) is 32.7. The SMILES string of the molecule is COC(=O)c1ccccc1NC(C)c1cc(C)cc2c(=O)n(C)c(N3CC4CC4C3)nc12. The number of aryl methyl sites for hydroxylation is 1.